The summed E-state index contributed by atoms with van der Waals surface area (Å²) in [5, 5.41) is 9.30. The van der Waals surface area contributed by atoms with Crippen LogP contribution in [-0.2, 0) is 22.5 Å². The summed E-state index contributed by atoms with van der Waals surface area (Å²) in [6.07, 6.45) is 1.08. The fourth-order valence-corrected chi connectivity index (χ4v) is 2.73. The van der Waals surface area contributed by atoms with E-state index < -0.39 is 18.1 Å². The van der Waals surface area contributed by atoms with Gasteiger partial charge in [-0.3, -0.25) is 4.90 Å². The maximum absolute atomic E-state index is 12.0. The van der Waals surface area contributed by atoms with Crippen LogP contribution < -0.4 is 0 Å². The maximum Gasteiger partial charge on any atom is 0.411 e. The normalized spacial score (nSPS) is 17.2. The third kappa shape index (κ3) is 2.85. The number of benzene rings is 1. The standard InChI is InChI=1S/C14H14BrNO4/c1-2-6-20-14(19)16-8-10-9(4-3-5-11(10)15)7-12(16)13(17)18/h2-5,12H,1,6-8H2,(H,17,18). The van der Waals surface area contributed by atoms with E-state index in [4.69, 9.17) is 4.74 Å². The molecule has 1 aromatic carbocycles. The van der Waals surface area contributed by atoms with Crippen molar-refractivity contribution in [3.63, 3.8) is 0 Å². The Morgan fingerprint density at radius 1 is 1.55 bits per heavy atom. The van der Waals surface area contributed by atoms with Gasteiger partial charge in [0, 0.05) is 10.9 Å². The second-order valence-corrected chi connectivity index (χ2v) is 5.28. The Bertz CT molecular complexity index is 558. The Hall–Kier alpha value is -1.82. The Labute approximate surface area is 125 Å². The van der Waals surface area contributed by atoms with Crippen LogP contribution in [0.25, 0.3) is 0 Å². The highest BCUT2D eigenvalue weighted by Crippen LogP contribution is 2.29. The van der Waals surface area contributed by atoms with Gasteiger partial charge >= 0.3 is 12.1 Å². The molecule has 20 heavy (non-hydrogen) atoms. The quantitative estimate of drug-likeness (QED) is 0.859. The number of ether oxygens (including phenoxy) is 1. The SMILES string of the molecule is C=CCOC(=O)N1Cc2c(Br)cccc2CC1C(=O)O. The molecule has 1 unspecified atom stereocenters. The van der Waals surface area contributed by atoms with E-state index in [-0.39, 0.29) is 19.6 Å². The number of nitrogens with zero attached hydrogens (tertiary/aromatic N) is 1. The first-order valence-electron chi connectivity index (χ1n) is 6.08. The second-order valence-electron chi connectivity index (χ2n) is 4.43. The fourth-order valence-electron chi connectivity index (χ4n) is 2.20. The van der Waals surface area contributed by atoms with Gasteiger partial charge in [0.05, 0.1) is 6.54 Å². The van der Waals surface area contributed by atoms with E-state index in [1.807, 2.05) is 18.2 Å². The molecule has 106 valence electrons. The van der Waals surface area contributed by atoms with Crippen LogP contribution in [0.3, 0.4) is 0 Å². The molecule has 0 radical (unpaired) electrons. The largest absolute Gasteiger partial charge is 0.480 e. The van der Waals surface area contributed by atoms with E-state index >= 15 is 0 Å². The molecule has 1 N–H and O–H groups in total. The van der Waals surface area contributed by atoms with Gasteiger partial charge in [0.15, 0.2) is 0 Å². The number of carbonyl (C=O) groups excluding carboxylic acids is 1. The molecular formula is C14H14BrNO4. The number of rotatable bonds is 3. The maximum atomic E-state index is 12.0. The Morgan fingerprint density at radius 2 is 2.30 bits per heavy atom. The lowest BCUT2D eigenvalue weighted by Crippen LogP contribution is -2.49. The molecule has 5 nitrogen and oxygen atoms in total. The molecule has 0 aliphatic carbocycles. The van der Waals surface area contributed by atoms with Gasteiger partial charge in [-0.05, 0) is 17.2 Å². The van der Waals surface area contributed by atoms with Crippen molar-refractivity contribution in [1.29, 1.82) is 0 Å². The average molecular weight is 340 g/mol. The molecule has 0 aromatic heterocycles. The molecule has 0 fully saturated rings. The van der Waals surface area contributed by atoms with Crippen molar-refractivity contribution in [2.75, 3.05) is 6.61 Å². The lowest BCUT2D eigenvalue weighted by atomic mass is 9.94. The number of carbonyl (C=O) groups is 2. The first-order chi connectivity index (χ1) is 9.54. The number of halogens is 1. The Balaban J connectivity index is 2.30. The van der Waals surface area contributed by atoms with Gasteiger partial charge in [-0.2, -0.15) is 0 Å². The summed E-state index contributed by atoms with van der Waals surface area (Å²) in [4.78, 5) is 24.6. The van der Waals surface area contributed by atoms with Crippen LogP contribution in [0, 0.1) is 0 Å². The molecule has 2 rings (SSSR count). The molecule has 0 saturated heterocycles. The molecule has 1 amide bonds. The zero-order valence-corrected chi connectivity index (χ0v) is 12.3. The molecule has 6 heteroatoms. The highest BCUT2D eigenvalue weighted by Gasteiger charge is 2.36. The molecule has 1 aliphatic rings. The molecule has 1 heterocycles. The van der Waals surface area contributed by atoms with Crippen LogP contribution in [-0.4, -0.2) is 34.7 Å². The number of carboxylic acid groups (broad SMARTS) is 1. The van der Waals surface area contributed by atoms with Crippen LogP contribution in [0.4, 0.5) is 4.79 Å². The van der Waals surface area contributed by atoms with Gasteiger partial charge < -0.3 is 9.84 Å². The van der Waals surface area contributed by atoms with Gasteiger partial charge in [-0.1, -0.05) is 40.7 Å². The summed E-state index contributed by atoms with van der Waals surface area (Å²) in [5.41, 5.74) is 1.85. The first kappa shape index (κ1) is 14.6. The predicted molar refractivity (Wildman–Crippen MR) is 76.4 cm³/mol. The number of hydrogen-bond acceptors (Lipinski definition) is 3. The number of amides is 1. The number of hydrogen-bond donors (Lipinski definition) is 1. The van der Waals surface area contributed by atoms with Crippen LogP contribution in [0.1, 0.15) is 11.1 Å². The zero-order chi connectivity index (χ0) is 14.7. The van der Waals surface area contributed by atoms with Crippen LogP contribution in [0.5, 0.6) is 0 Å². The number of aliphatic carboxylic acids is 1. The summed E-state index contributed by atoms with van der Waals surface area (Å²) in [7, 11) is 0. The number of carboxylic acids is 1. The van der Waals surface area contributed by atoms with Crippen LogP contribution >= 0.6 is 15.9 Å². The third-order valence-electron chi connectivity index (χ3n) is 3.18. The molecule has 1 aliphatic heterocycles. The monoisotopic (exact) mass is 339 g/mol. The van der Waals surface area contributed by atoms with Crippen molar-refractivity contribution in [2.45, 2.75) is 19.0 Å². The molecule has 1 aromatic rings. The Morgan fingerprint density at radius 3 is 2.95 bits per heavy atom. The minimum absolute atomic E-state index is 0.0600. The summed E-state index contributed by atoms with van der Waals surface area (Å²) in [6, 6.07) is 4.69. The predicted octanol–water partition coefficient (Wildman–Crippen LogP) is 2.58. The smallest absolute Gasteiger partial charge is 0.411 e. The molecule has 0 spiro atoms. The zero-order valence-electron chi connectivity index (χ0n) is 10.7. The van der Waals surface area contributed by atoms with Gasteiger partial charge in [-0.15, -0.1) is 0 Å². The average Bonchev–Trinajstić information content (AvgIpc) is 2.43. The molecule has 0 bridgehead atoms. The van der Waals surface area contributed by atoms with E-state index in [2.05, 4.69) is 22.5 Å². The summed E-state index contributed by atoms with van der Waals surface area (Å²) in [6.45, 7) is 3.73. The van der Waals surface area contributed by atoms with E-state index in [0.29, 0.717) is 0 Å². The lowest BCUT2D eigenvalue weighted by Gasteiger charge is -2.34. The van der Waals surface area contributed by atoms with Crippen molar-refractivity contribution in [2.24, 2.45) is 0 Å². The lowest BCUT2D eigenvalue weighted by molar-refractivity contribution is -0.143. The highest BCUT2D eigenvalue weighted by atomic mass is 79.9. The van der Waals surface area contributed by atoms with E-state index in [9.17, 15) is 14.7 Å². The van der Waals surface area contributed by atoms with Crippen molar-refractivity contribution in [1.82, 2.24) is 4.90 Å². The molecular weight excluding hydrogens is 326 g/mol. The van der Waals surface area contributed by atoms with Gasteiger partial charge in [-0.25, -0.2) is 9.59 Å². The van der Waals surface area contributed by atoms with Gasteiger partial charge in [0.25, 0.3) is 0 Å². The van der Waals surface area contributed by atoms with Gasteiger partial charge in [0.1, 0.15) is 12.6 Å². The molecule has 0 saturated carbocycles. The van der Waals surface area contributed by atoms with Crippen LogP contribution in [0.15, 0.2) is 35.3 Å². The van der Waals surface area contributed by atoms with Crippen molar-refractivity contribution in [3.8, 4) is 0 Å². The van der Waals surface area contributed by atoms with E-state index in [0.717, 1.165) is 15.6 Å². The summed E-state index contributed by atoms with van der Waals surface area (Å²) < 4.78 is 5.82. The minimum atomic E-state index is -1.04. The van der Waals surface area contributed by atoms with Crippen molar-refractivity contribution >= 4 is 28.0 Å². The van der Waals surface area contributed by atoms with Crippen molar-refractivity contribution < 1.29 is 19.4 Å². The second kappa shape index (κ2) is 6.09. The van der Waals surface area contributed by atoms with E-state index in [1.54, 1.807) is 0 Å². The Kier molecular flexibility index (Phi) is 4.44. The van der Waals surface area contributed by atoms with Crippen molar-refractivity contribution in [3.05, 3.63) is 46.5 Å². The van der Waals surface area contributed by atoms with Crippen LogP contribution in [0.2, 0.25) is 0 Å². The number of fused-ring (bicyclic) bond motifs is 1. The highest BCUT2D eigenvalue weighted by molar-refractivity contribution is 9.10. The molecule has 1 atom stereocenters. The minimum Gasteiger partial charge on any atom is -0.480 e. The summed E-state index contributed by atoms with van der Waals surface area (Å²) >= 11 is 3.43. The van der Waals surface area contributed by atoms with Gasteiger partial charge in [0.2, 0.25) is 0 Å². The topological polar surface area (TPSA) is 66.8 Å². The summed E-state index contributed by atoms with van der Waals surface area (Å²) in [5.74, 6) is -1.04. The fraction of sp³-hybridized carbons (Fsp3) is 0.286. The third-order valence-corrected chi connectivity index (χ3v) is 3.92. The first-order valence-corrected chi connectivity index (χ1v) is 6.87. The van der Waals surface area contributed by atoms with E-state index in [1.165, 1.54) is 11.0 Å².